The largest absolute Gasteiger partial charge is 0.490 e. The summed E-state index contributed by atoms with van der Waals surface area (Å²) in [5.41, 5.74) is 2.73. The Balaban J connectivity index is 2.28. The van der Waals surface area contributed by atoms with Crippen LogP contribution in [0, 0.1) is 0 Å². The summed E-state index contributed by atoms with van der Waals surface area (Å²) in [7, 11) is 2.01. The normalized spacial score (nSPS) is 15.8. The first-order chi connectivity index (χ1) is 9.80. The van der Waals surface area contributed by atoms with Gasteiger partial charge in [-0.25, -0.2) is 0 Å². The number of benzene rings is 1. The number of hydrogen-bond donors (Lipinski definition) is 1. The fourth-order valence-electron chi connectivity index (χ4n) is 2.77. The smallest absolute Gasteiger partial charge is 0.161 e. The SMILES string of the molecule is CCOc1ccc(C(NC)C2=CCCC2)cc1OCC. The standard InChI is InChI=1S/C17H25NO2/c1-4-19-15-11-10-14(12-16(15)20-5-2)17(18-3)13-8-6-7-9-13/h8,10-12,17-18H,4-7,9H2,1-3H3. The van der Waals surface area contributed by atoms with Gasteiger partial charge in [0.1, 0.15) is 0 Å². The molecule has 1 atom stereocenters. The van der Waals surface area contributed by atoms with Gasteiger partial charge in [0.05, 0.1) is 19.3 Å². The average molecular weight is 275 g/mol. The first kappa shape index (κ1) is 14.9. The zero-order valence-corrected chi connectivity index (χ0v) is 12.7. The summed E-state index contributed by atoms with van der Waals surface area (Å²) in [5, 5.41) is 3.42. The summed E-state index contributed by atoms with van der Waals surface area (Å²) in [6.07, 6.45) is 6.01. The van der Waals surface area contributed by atoms with E-state index in [1.807, 2.05) is 27.0 Å². The van der Waals surface area contributed by atoms with Crippen LogP contribution >= 0.6 is 0 Å². The highest BCUT2D eigenvalue weighted by atomic mass is 16.5. The van der Waals surface area contributed by atoms with Crippen molar-refractivity contribution < 1.29 is 9.47 Å². The Kier molecular flexibility index (Phi) is 5.48. The second kappa shape index (κ2) is 7.34. The molecule has 0 saturated carbocycles. The molecule has 0 amide bonds. The summed E-state index contributed by atoms with van der Waals surface area (Å²) in [4.78, 5) is 0. The van der Waals surface area contributed by atoms with E-state index in [0.29, 0.717) is 13.2 Å². The van der Waals surface area contributed by atoms with Gasteiger partial charge in [0.2, 0.25) is 0 Å². The number of likely N-dealkylation sites (N-methyl/N-ethyl adjacent to an activating group) is 1. The molecule has 20 heavy (non-hydrogen) atoms. The number of rotatable bonds is 7. The first-order valence-electron chi connectivity index (χ1n) is 7.55. The molecule has 0 fully saturated rings. The molecule has 3 heteroatoms. The Labute approximate surface area is 122 Å². The molecule has 0 spiro atoms. The lowest BCUT2D eigenvalue weighted by atomic mass is 9.98. The lowest BCUT2D eigenvalue weighted by Gasteiger charge is -2.20. The Hall–Kier alpha value is -1.48. The highest BCUT2D eigenvalue weighted by molar-refractivity contribution is 5.45. The minimum absolute atomic E-state index is 0.285. The molecule has 2 rings (SSSR count). The third-order valence-electron chi connectivity index (χ3n) is 3.64. The molecule has 0 saturated heterocycles. The number of nitrogens with one attached hydrogen (secondary N) is 1. The van der Waals surface area contributed by atoms with Gasteiger partial charge in [-0.3, -0.25) is 0 Å². The van der Waals surface area contributed by atoms with Crippen LogP contribution in [-0.2, 0) is 0 Å². The maximum atomic E-state index is 5.72. The molecule has 1 aromatic carbocycles. The Morgan fingerprint density at radius 1 is 1.15 bits per heavy atom. The van der Waals surface area contributed by atoms with Crippen LogP contribution in [0.2, 0.25) is 0 Å². The van der Waals surface area contributed by atoms with E-state index < -0.39 is 0 Å². The molecular weight excluding hydrogens is 250 g/mol. The molecule has 1 aliphatic carbocycles. The summed E-state index contributed by atoms with van der Waals surface area (Å²) in [5.74, 6) is 1.67. The summed E-state index contributed by atoms with van der Waals surface area (Å²) in [6, 6.07) is 6.54. The van der Waals surface area contributed by atoms with E-state index in [9.17, 15) is 0 Å². The molecule has 3 nitrogen and oxygen atoms in total. The van der Waals surface area contributed by atoms with Gasteiger partial charge in [-0.15, -0.1) is 0 Å². The quantitative estimate of drug-likeness (QED) is 0.767. The predicted molar refractivity (Wildman–Crippen MR) is 82.5 cm³/mol. The predicted octanol–water partition coefficient (Wildman–Crippen LogP) is 3.85. The summed E-state index contributed by atoms with van der Waals surface area (Å²) in [6.45, 7) is 5.29. The molecule has 110 valence electrons. The maximum absolute atomic E-state index is 5.72. The van der Waals surface area contributed by atoms with Crippen LogP contribution < -0.4 is 14.8 Å². The Bertz CT molecular complexity index is 468. The second-order valence-electron chi connectivity index (χ2n) is 4.97. The van der Waals surface area contributed by atoms with Gasteiger partial charge in [-0.05, 0) is 57.9 Å². The monoisotopic (exact) mass is 275 g/mol. The van der Waals surface area contributed by atoms with Crippen molar-refractivity contribution in [3.05, 3.63) is 35.4 Å². The fourth-order valence-corrected chi connectivity index (χ4v) is 2.77. The van der Waals surface area contributed by atoms with Crippen molar-refractivity contribution in [3.8, 4) is 11.5 Å². The van der Waals surface area contributed by atoms with Crippen LogP contribution in [0.4, 0.5) is 0 Å². The van der Waals surface area contributed by atoms with Crippen LogP contribution in [0.1, 0.15) is 44.7 Å². The number of ether oxygens (including phenoxy) is 2. The van der Waals surface area contributed by atoms with Crippen molar-refractivity contribution in [2.75, 3.05) is 20.3 Å². The van der Waals surface area contributed by atoms with Gasteiger partial charge in [0.25, 0.3) is 0 Å². The van der Waals surface area contributed by atoms with Crippen molar-refractivity contribution in [2.24, 2.45) is 0 Å². The van der Waals surface area contributed by atoms with Crippen molar-refractivity contribution in [1.29, 1.82) is 0 Å². The van der Waals surface area contributed by atoms with Crippen LogP contribution in [0.15, 0.2) is 29.8 Å². The van der Waals surface area contributed by atoms with Gasteiger partial charge in [0.15, 0.2) is 11.5 Å². The minimum atomic E-state index is 0.285. The van der Waals surface area contributed by atoms with E-state index in [2.05, 4.69) is 23.5 Å². The number of allylic oxidation sites excluding steroid dienone is 1. The van der Waals surface area contributed by atoms with Crippen LogP contribution in [0.5, 0.6) is 11.5 Å². The first-order valence-corrected chi connectivity index (χ1v) is 7.55. The van der Waals surface area contributed by atoms with E-state index in [1.54, 1.807) is 0 Å². The van der Waals surface area contributed by atoms with Gasteiger partial charge in [0, 0.05) is 0 Å². The third kappa shape index (κ3) is 3.34. The van der Waals surface area contributed by atoms with E-state index in [0.717, 1.165) is 11.5 Å². The van der Waals surface area contributed by atoms with Gasteiger partial charge in [-0.2, -0.15) is 0 Å². The van der Waals surface area contributed by atoms with E-state index in [4.69, 9.17) is 9.47 Å². The van der Waals surface area contributed by atoms with Gasteiger partial charge in [-0.1, -0.05) is 17.7 Å². The molecule has 0 aliphatic heterocycles. The van der Waals surface area contributed by atoms with E-state index in [-0.39, 0.29) is 6.04 Å². The van der Waals surface area contributed by atoms with Crippen LogP contribution in [-0.4, -0.2) is 20.3 Å². The number of hydrogen-bond acceptors (Lipinski definition) is 3. The zero-order chi connectivity index (χ0) is 14.4. The van der Waals surface area contributed by atoms with Crippen LogP contribution in [0.25, 0.3) is 0 Å². The van der Waals surface area contributed by atoms with E-state index in [1.165, 1.54) is 30.4 Å². The lowest BCUT2D eigenvalue weighted by Crippen LogP contribution is -2.18. The molecule has 0 radical (unpaired) electrons. The molecule has 1 aliphatic rings. The summed E-state index contributed by atoms with van der Waals surface area (Å²) >= 11 is 0. The minimum Gasteiger partial charge on any atom is -0.490 e. The van der Waals surface area contributed by atoms with Gasteiger partial charge >= 0.3 is 0 Å². The zero-order valence-electron chi connectivity index (χ0n) is 12.7. The molecule has 1 unspecified atom stereocenters. The average Bonchev–Trinajstić information content (AvgIpc) is 2.97. The van der Waals surface area contributed by atoms with Gasteiger partial charge < -0.3 is 14.8 Å². The highest BCUT2D eigenvalue weighted by Gasteiger charge is 2.19. The molecular formula is C17H25NO2. The highest BCUT2D eigenvalue weighted by Crippen LogP contribution is 2.35. The fraction of sp³-hybridized carbons (Fsp3) is 0.529. The Morgan fingerprint density at radius 2 is 1.90 bits per heavy atom. The van der Waals surface area contributed by atoms with Crippen molar-refractivity contribution in [2.45, 2.75) is 39.2 Å². The topological polar surface area (TPSA) is 30.5 Å². The lowest BCUT2D eigenvalue weighted by molar-refractivity contribution is 0.287. The third-order valence-corrected chi connectivity index (χ3v) is 3.64. The summed E-state index contributed by atoms with van der Waals surface area (Å²) < 4.78 is 11.3. The molecule has 0 aromatic heterocycles. The second-order valence-corrected chi connectivity index (χ2v) is 4.97. The molecule has 1 N–H and O–H groups in total. The molecule has 0 bridgehead atoms. The molecule has 1 aromatic rings. The molecule has 0 heterocycles. The maximum Gasteiger partial charge on any atom is 0.161 e. The van der Waals surface area contributed by atoms with Crippen molar-refractivity contribution in [3.63, 3.8) is 0 Å². The van der Waals surface area contributed by atoms with Crippen LogP contribution in [0.3, 0.4) is 0 Å². The Morgan fingerprint density at radius 3 is 2.50 bits per heavy atom. The van der Waals surface area contributed by atoms with E-state index >= 15 is 0 Å². The van der Waals surface area contributed by atoms with Crippen molar-refractivity contribution in [1.82, 2.24) is 5.32 Å². The van der Waals surface area contributed by atoms with Crippen molar-refractivity contribution >= 4 is 0 Å².